The van der Waals surface area contributed by atoms with E-state index in [1.54, 1.807) is 30.3 Å². The van der Waals surface area contributed by atoms with Gasteiger partial charge in [-0.1, -0.05) is 24.6 Å². The molecule has 2 heterocycles. The van der Waals surface area contributed by atoms with Crippen LogP contribution in [0, 0.1) is 12.8 Å². The zero-order chi connectivity index (χ0) is 23.1. The second-order valence-corrected chi connectivity index (χ2v) is 12.6. The van der Waals surface area contributed by atoms with Crippen LogP contribution in [-0.4, -0.2) is 55.4 Å². The molecule has 2 aromatic heterocycles. The van der Waals surface area contributed by atoms with Gasteiger partial charge in [-0.15, -0.1) is 0 Å². The number of sulfone groups is 1. The second-order valence-electron chi connectivity index (χ2n) is 8.58. The van der Waals surface area contributed by atoms with Gasteiger partial charge < -0.3 is 4.90 Å². The van der Waals surface area contributed by atoms with Crippen molar-refractivity contribution in [1.29, 1.82) is 0 Å². The third kappa shape index (κ3) is 4.25. The van der Waals surface area contributed by atoms with Gasteiger partial charge in [0.1, 0.15) is 12.1 Å². The Hall–Kier alpha value is -2.46. The van der Waals surface area contributed by atoms with Crippen molar-refractivity contribution < 1.29 is 16.8 Å². The molecule has 0 aliphatic heterocycles. The molecule has 0 saturated heterocycles. The average Bonchev–Trinajstić information content (AvgIpc) is 3.15. The number of fused-ring (bicyclic) bond motifs is 1. The van der Waals surface area contributed by atoms with Gasteiger partial charge in [0.25, 0.3) is 10.0 Å². The predicted octanol–water partition coefficient (Wildman–Crippen LogP) is 3.02. The van der Waals surface area contributed by atoms with Crippen LogP contribution >= 0.6 is 0 Å². The van der Waals surface area contributed by atoms with Gasteiger partial charge in [0.2, 0.25) is 0 Å². The van der Waals surface area contributed by atoms with Gasteiger partial charge in [-0.05, 0) is 50.3 Å². The van der Waals surface area contributed by atoms with Crippen LogP contribution in [0.4, 0.5) is 5.82 Å². The van der Waals surface area contributed by atoms with E-state index < -0.39 is 19.9 Å². The Bertz CT molecular complexity index is 1330. The summed E-state index contributed by atoms with van der Waals surface area (Å²) < 4.78 is 51.7. The smallest absolute Gasteiger partial charge is 0.269 e. The van der Waals surface area contributed by atoms with Crippen LogP contribution in [0.2, 0.25) is 0 Å². The van der Waals surface area contributed by atoms with Crippen molar-refractivity contribution in [2.75, 3.05) is 23.5 Å². The Kier molecular flexibility index (Phi) is 6.02. The monoisotopic (exact) mass is 476 g/mol. The molecule has 0 atom stereocenters. The minimum atomic E-state index is -3.79. The molecule has 0 radical (unpaired) electrons. The molecule has 0 unspecified atom stereocenters. The van der Waals surface area contributed by atoms with E-state index in [0.29, 0.717) is 23.3 Å². The maximum Gasteiger partial charge on any atom is 0.269 e. The number of benzene rings is 1. The van der Waals surface area contributed by atoms with Crippen molar-refractivity contribution in [2.24, 2.45) is 5.92 Å². The summed E-state index contributed by atoms with van der Waals surface area (Å²) in [6.45, 7) is 3.78. The Morgan fingerprint density at radius 3 is 2.41 bits per heavy atom. The largest absolute Gasteiger partial charge is 0.356 e. The van der Waals surface area contributed by atoms with E-state index in [0.717, 1.165) is 18.4 Å². The predicted molar refractivity (Wildman–Crippen MR) is 125 cm³/mol. The molecule has 10 heteroatoms. The van der Waals surface area contributed by atoms with Gasteiger partial charge in [-0.2, -0.15) is 0 Å². The first-order valence-corrected chi connectivity index (χ1v) is 14.0. The molecule has 3 aromatic rings. The van der Waals surface area contributed by atoms with E-state index in [9.17, 15) is 16.8 Å². The maximum absolute atomic E-state index is 13.2. The molecule has 0 spiro atoms. The molecule has 0 N–H and O–H groups in total. The topological polar surface area (TPSA) is 102 Å². The molecule has 1 aliphatic rings. The van der Waals surface area contributed by atoms with Gasteiger partial charge >= 0.3 is 0 Å². The highest BCUT2D eigenvalue weighted by molar-refractivity contribution is 7.91. The van der Waals surface area contributed by atoms with Crippen molar-refractivity contribution in [1.82, 2.24) is 13.9 Å². The highest BCUT2D eigenvalue weighted by Gasteiger charge is 2.36. The van der Waals surface area contributed by atoms with Gasteiger partial charge in [0.15, 0.2) is 15.5 Å². The van der Waals surface area contributed by atoms with Gasteiger partial charge in [0, 0.05) is 25.0 Å². The van der Waals surface area contributed by atoms with Crippen LogP contribution in [0.25, 0.3) is 11.0 Å². The van der Waals surface area contributed by atoms with E-state index in [2.05, 4.69) is 9.97 Å². The number of anilines is 1. The molecule has 1 fully saturated rings. The molecular formula is C22H28N4O4S2. The summed E-state index contributed by atoms with van der Waals surface area (Å²) >= 11 is 0. The molecule has 0 amide bonds. The Morgan fingerprint density at radius 2 is 1.75 bits per heavy atom. The maximum atomic E-state index is 13.2. The Labute approximate surface area is 189 Å². The van der Waals surface area contributed by atoms with E-state index >= 15 is 0 Å². The highest BCUT2D eigenvalue weighted by Crippen LogP contribution is 2.36. The lowest BCUT2D eigenvalue weighted by molar-refractivity contribution is 0.282. The minimum absolute atomic E-state index is 0.155. The third-order valence-electron chi connectivity index (χ3n) is 6.10. The number of rotatable bonds is 8. The third-order valence-corrected chi connectivity index (χ3v) is 9.79. The van der Waals surface area contributed by atoms with Gasteiger partial charge in [-0.3, -0.25) is 0 Å². The number of hydrogen-bond acceptors (Lipinski definition) is 7. The fourth-order valence-electron chi connectivity index (χ4n) is 4.29. The van der Waals surface area contributed by atoms with Crippen molar-refractivity contribution in [3.05, 3.63) is 48.4 Å². The standard InChI is InChI=1S/C22H28N4O4S2/c1-4-11-31(27,28)14-17-12-18(13-17)25(3)21-20-9-10-26(22(20)24-15-23-21)32(29,30)19-7-5-16(2)6-8-19/h5-10,15,17-18H,4,11-14H2,1-3H3. The van der Waals surface area contributed by atoms with E-state index in [1.165, 1.54) is 16.5 Å². The van der Waals surface area contributed by atoms with Crippen LogP contribution < -0.4 is 4.90 Å². The quantitative estimate of drug-likeness (QED) is 0.492. The fraction of sp³-hybridized carbons (Fsp3) is 0.455. The zero-order valence-electron chi connectivity index (χ0n) is 18.5. The summed E-state index contributed by atoms with van der Waals surface area (Å²) in [5.74, 6) is 1.27. The molecular weight excluding hydrogens is 448 g/mol. The number of aryl methyl sites for hydroxylation is 1. The molecule has 1 saturated carbocycles. The molecule has 8 nitrogen and oxygen atoms in total. The molecule has 1 aromatic carbocycles. The summed E-state index contributed by atoms with van der Waals surface area (Å²) in [5, 5.41) is 0.646. The molecule has 1 aliphatic carbocycles. The fourth-order valence-corrected chi connectivity index (χ4v) is 7.37. The lowest BCUT2D eigenvalue weighted by Gasteiger charge is -2.41. The lowest BCUT2D eigenvalue weighted by Crippen LogP contribution is -2.45. The number of nitrogens with zero attached hydrogens (tertiary/aromatic N) is 4. The second kappa shape index (κ2) is 8.47. The SMILES string of the molecule is CCCS(=O)(=O)CC1CC(N(C)c2ncnc3c2ccn3S(=O)(=O)c2ccc(C)cc2)C1. The van der Waals surface area contributed by atoms with Gasteiger partial charge in [0.05, 0.1) is 16.0 Å². The lowest BCUT2D eigenvalue weighted by atomic mass is 9.81. The van der Waals surface area contributed by atoms with Crippen molar-refractivity contribution in [2.45, 2.75) is 44.0 Å². The molecule has 0 bridgehead atoms. The van der Waals surface area contributed by atoms with Crippen LogP contribution in [0.1, 0.15) is 31.7 Å². The zero-order valence-corrected chi connectivity index (χ0v) is 20.1. The van der Waals surface area contributed by atoms with Crippen LogP contribution in [0.3, 0.4) is 0 Å². The summed E-state index contributed by atoms with van der Waals surface area (Å²) in [6, 6.07) is 8.58. The summed E-state index contributed by atoms with van der Waals surface area (Å²) in [5.41, 5.74) is 1.30. The van der Waals surface area contributed by atoms with Crippen molar-refractivity contribution >= 4 is 36.7 Å². The molecule has 32 heavy (non-hydrogen) atoms. The molecule has 4 rings (SSSR count). The highest BCUT2D eigenvalue weighted by atomic mass is 32.2. The van der Waals surface area contributed by atoms with Gasteiger partial charge in [-0.25, -0.2) is 30.8 Å². The van der Waals surface area contributed by atoms with Crippen molar-refractivity contribution in [3.8, 4) is 0 Å². The van der Waals surface area contributed by atoms with Crippen LogP contribution in [0.15, 0.2) is 47.8 Å². The summed E-state index contributed by atoms with van der Waals surface area (Å²) in [6.07, 6.45) is 5.06. The Morgan fingerprint density at radius 1 is 1.06 bits per heavy atom. The average molecular weight is 477 g/mol. The summed E-state index contributed by atoms with van der Waals surface area (Å²) in [4.78, 5) is 10.9. The first-order valence-electron chi connectivity index (χ1n) is 10.7. The van der Waals surface area contributed by atoms with Crippen LogP contribution in [-0.2, 0) is 19.9 Å². The first kappa shape index (κ1) is 22.7. The van der Waals surface area contributed by atoms with Crippen LogP contribution in [0.5, 0.6) is 0 Å². The number of aromatic nitrogens is 3. The minimum Gasteiger partial charge on any atom is -0.356 e. The first-order chi connectivity index (χ1) is 15.1. The molecule has 172 valence electrons. The summed E-state index contributed by atoms with van der Waals surface area (Å²) in [7, 11) is -4.87. The van der Waals surface area contributed by atoms with E-state index in [-0.39, 0.29) is 28.4 Å². The Balaban J connectivity index is 1.57. The van der Waals surface area contributed by atoms with E-state index in [4.69, 9.17) is 0 Å². The normalized spacial score (nSPS) is 19.1. The number of hydrogen-bond donors (Lipinski definition) is 0. The van der Waals surface area contributed by atoms with Crippen molar-refractivity contribution in [3.63, 3.8) is 0 Å². The van der Waals surface area contributed by atoms with E-state index in [1.807, 2.05) is 25.8 Å².